The van der Waals surface area contributed by atoms with Crippen molar-refractivity contribution in [1.29, 1.82) is 0 Å². The summed E-state index contributed by atoms with van der Waals surface area (Å²) in [5, 5.41) is 5.94. The molecule has 4 heteroatoms. The van der Waals surface area contributed by atoms with E-state index in [9.17, 15) is 4.79 Å². The Balaban J connectivity index is 1.95. The number of hydrogen-bond donors (Lipinski definition) is 0. The topological polar surface area (TPSA) is 26.3 Å². The van der Waals surface area contributed by atoms with Gasteiger partial charge in [-0.2, -0.15) is 11.3 Å². The Kier molecular flexibility index (Phi) is 2.66. The van der Waals surface area contributed by atoms with Gasteiger partial charge in [0.1, 0.15) is 5.76 Å². The quantitative estimate of drug-likeness (QED) is 0.606. The second kappa shape index (κ2) is 4.31. The zero-order valence-corrected chi connectivity index (χ0v) is 10.4. The molecule has 1 aliphatic heterocycles. The molecule has 0 fully saturated rings. The molecule has 0 aromatic carbocycles. The number of carbonyl (C=O) groups excluding carboxylic acids is 1. The molecule has 84 valence electrons. The van der Waals surface area contributed by atoms with Crippen LogP contribution in [0.1, 0.15) is 10.4 Å². The lowest BCUT2D eigenvalue weighted by Crippen LogP contribution is -1.96. The maximum absolute atomic E-state index is 11.7. The van der Waals surface area contributed by atoms with E-state index in [1.54, 1.807) is 28.7 Å². The number of carbonyl (C=O) groups is 1. The third-order valence-electron chi connectivity index (χ3n) is 2.35. The van der Waals surface area contributed by atoms with E-state index in [-0.39, 0.29) is 5.97 Å². The molecule has 0 radical (unpaired) electrons. The van der Waals surface area contributed by atoms with Crippen molar-refractivity contribution >= 4 is 40.5 Å². The van der Waals surface area contributed by atoms with E-state index in [0.29, 0.717) is 11.3 Å². The van der Waals surface area contributed by atoms with Gasteiger partial charge in [-0.25, -0.2) is 4.79 Å². The molecule has 0 spiro atoms. The van der Waals surface area contributed by atoms with Gasteiger partial charge in [0.2, 0.25) is 0 Å². The van der Waals surface area contributed by atoms with Crippen LogP contribution in [0.4, 0.5) is 0 Å². The fourth-order valence-electron chi connectivity index (χ4n) is 1.57. The van der Waals surface area contributed by atoms with Crippen LogP contribution < -0.4 is 0 Å². The SMILES string of the molecule is O=C1OC(c2cccs2)=C/C1=C\c1ccsc1. The van der Waals surface area contributed by atoms with Gasteiger partial charge in [-0.05, 0) is 46.0 Å². The average Bonchev–Trinajstić information content (AvgIpc) is 3.02. The normalized spacial score (nSPS) is 17.3. The molecular formula is C13H8O2S2. The smallest absolute Gasteiger partial charge is 0.343 e. The van der Waals surface area contributed by atoms with Crippen LogP contribution in [0.5, 0.6) is 0 Å². The fraction of sp³-hybridized carbons (Fsp3) is 0. The van der Waals surface area contributed by atoms with Crippen LogP contribution in [0.3, 0.4) is 0 Å². The van der Waals surface area contributed by atoms with E-state index < -0.39 is 0 Å². The zero-order chi connectivity index (χ0) is 11.7. The van der Waals surface area contributed by atoms with Gasteiger partial charge in [-0.15, -0.1) is 11.3 Å². The molecule has 0 aliphatic carbocycles. The Morgan fingerprint density at radius 3 is 2.88 bits per heavy atom. The highest BCUT2D eigenvalue weighted by molar-refractivity contribution is 7.11. The predicted molar refractivity (Wildman–Crippen MR) is 70.7 cm³/mol. The Labute approximate surface area is 106 Å². The lowest BCUT2D eigenvalue weighted by Gasteiger charge is -1.95. The monoisotopic (exact) mass is 260 g/mol. The number of hydrogen-bond acceptors (Lipinski definition) is 4. The van der Waals surface area contributed by atoms with Crippen molar-refractivity contribution in [2.75, 3.05) is 0 Å². The van der Waals surface area contributed by atoms with E-state index >= 15 is 0 Å². The summed E-state index contributed by atoms with van der Waals surface area (Å²) in [7, 11) is 0. The summed E-state index contributed by atoms with van der Waals surface area (Å²) in [6, 6.07) is 5.86. The minimum absolute atomic E-state index is 0.278. The Bertz CT molecular complexity index is 589. The zero-order valence-electron chi connectivity index (χ0n) is 8.75. The van der Waals surface area contributed by atoms with Gasteiger partial charge in [-0.3, -0.25) is 0 Å². The first-order valence-corrected chi connectivity index (χ1v) is 6.87. The van der Waals surface area contributed by atoms with Crippen LogP contribution in [0.25, 0.3) is 11.8 Å². The van der Waals surface area contributed by atoms with Crippen LogP contribution in [0, 0.1) is 0 Å². The highest BCUT2D eigenvalue weighted by Crippen LogP contribution is 2.30. The van der Waals surface area contributed by atoms with Gasteiger partial charge in [0.15, 0.2) is 0 Å². The molecule has 17 heavy (non-hydrogen) atoms. The first-order valence-electron chi connectivity index (χ1n) is 5.04. The molecule has 3 rings (SSSR count). The first kappa shape index (κ1) is 10.5. The summed E-state index contributed by atoms with van der Waals surface area (Å²) >= 11 is 3.17. The summed E-state index contributed by atoms with van der Waals surface area (Å²) in [6.07, 6.45) is 3.64. The minimum Gasteiger partial charge on any atom is -0.421 e. The van der Waals surface area contributed by atoms with E-state index in [4.69, 9.17) is 4.74 Å². The molecule has 0 amide bonds. The van der Waals surface area contributed by atoms with Crippen molar-refractivity contribution < 1.29 is 9.53 Å². The summed E-state index contributed by atoms with van der Waals surface area (Å²) in [4.78, 5) is 12.7. The minimum atomic E-state index is -0.278. The van der Waals surface area contributed by atoms with Crippen LogP contribution in [0.15, 0.2) is 46.0 Å². The molecule has 0 atom stereocenters. The lowest BCUT2D eigenvalue weighted by atomic mass is 10.2. The van der Waals surface area contributed by atoms with Gasteiger partial charge in [-0.1, -0.05) is 6.07 Å². The highest BCUT2D eigenvalue weighted by atomic mass is 32.1. The van der Waals surface area contributed by atoms with E-state index in [1.807, 2.05) is 40.4 Å². The molecule has 2 aromatic rings. The van der Waals surface area contributed by atoms with Gasteiger partial charge < -0.3 is 4.74 Å². The molecule has 1 aliphatic rings. The summed E-state index contributed by atoms with van der Waals surface area (Å²) in [5.41, 5.74) is 1.64. The van der Waals surface area contributed by atoms with Crippen LogP contribution in [-0.2, 0) is 9.53 Å². The van der Waals surface area contributed by atoms with Gasteiger partial charge in [0.25, 0.3) is 0 Å². The Hall–Kier alpha value is -1.65. The molecule has 0 N–H and O–H groups in total. The second-order valence-corrected chi connectivity index (χ2v) is 5.26. The van der Waals surface area contributed by atoms with E-state index in [2.05, 4.69) is 0 Å². The van der Waals surface area contributed by atoms with Gasteiger partial charge in [0, 0.05) is 0 Å². The highest BCUT2D eigenvalue weighted by Gasteiger charge is 2.22. The number of esters is 1. The third-order valence-corrected chi connectivity index (χ3v) is 3.94. The molecule has 0 unspecified atom stereocenters. The average molecular weight is 260 g/mol. The maximum Gasteiger partial charge on any atom is 0.343 e. The number of rotatable bonds is 2. The Morgan fingerprint density at radius 1 is 1.24 bits per heavy atom. The largest absolute Gasteiger partial charge is 0.421 e. The van der Waals surface area contributed by atoms with Crippen molar-refractivity contribution in [3.05, 3.63) is 56.4 Å². The van der Waals surface area contributed by atoms with Crippen molar-refractivity contribution in [3.8, 4) is 0 Å². The summed E-state index contributed by atoms with van der Waals surface area (Å²) in [6.45, 7) is 0. The fourth-order valence-corrected chi connectivity index (χ4v) is 2.86. The standard InChI is InChI=1S/C13H8O2S2/c14-13-10(6-9-3-5-16-8-9)7-11(15-13)12-2-1-4-17-12/h1-8H/b10-6+. The van der Waals surface area contributed by atoms with Gasteiger partial charge >= 0.3 is 5.97 Å². The molecule has 0 saturated heterocycles. The van der Waals surface area contributed by atoms with Crippen molar-refractivity contribution in [3.63, 3.8) is 0 Å². The van der Waals surface area contributed by atoms with Crippen molar-refractivity contribution in [2.24, 2.45) is 0 Å². The first-order chi connectivity index (χ1) is 8.33. The van der Waals surface area contributed by atoms with E-state index in [0.717, 1.165) is 10.4 Å². The number of thiophene rings is 2. The van der Waals surface area contributed by atoms with Crippen LogP contribution in [-0.4, -0.2) is 5.97 Å². The van der Waals surface area contributed by atoms with Gasteiger partial charge in [0.05, 0.1) is 10.5 Å². The predicted octanol–water partition coefficient (Wildman–Crippen LogP) is 3.79. The maximum atomic E-state index is 11.7. The summed E-state index contributed by atoms with van der Waals surface area (Å²) in [5.74, 6) is 0.367. The molecule has 0 bridgehead atoms. The lowest BCUT2D eigenvalue weighted by molar-refractivity contribution is -0.130. The molecule has 2 aromatic heterocycles. The molecular weight excluding hydrogens is 252 g/mol. The van der Waals surface area contributed by atoms with Crippen molar-refractivity contribution in [2.45, 2.75) is 0 Å². The van der Waals surface area contributed by atoms with Crippen LogP contribution in [0.2, 0.25) is 0 Å². The third kappa shape index (κ3) is 2.09. The summed E-state index contributed by atoms with van der Waals surface area (Å²) < 4.78 is 5.23. The molecule has 2 nitrogen and oxygen atoms in total. The molecule has 0 saturated carbocycles. The van der Waals surface area contributed by atoms with E-state index in [1.165, 1.54) is 0 Å². The number of ether oxygens (including phenoxy) is 1. The van der Waals surface area contributed by atoms with Crippen LogP contribution >= 0.6 is 22.7 Å². The number of cyclic esters (lactones) is 1. The van der Waals surface area contributed by atoms with Crippen molar-refractivity contribution in [1.82, 2.24) is 0 Å². The second-order valence-electron chi connectivity index (χ2n) is 3.53. The molecule has 3 heterocycles. The Morgan fingerprint density at radius 2 is 2.18 bits per heavy atom.